The summed E-state index contributed by atoms with van der Waals surface area (Å²) in [6, 6.07) is 0. The maximum atomic E-state index is 4.13. The number of nitrogens with zero attached hydrogens (tertiary/aromatic N) is 2. The molecule has 0 atom stereocenters. The van der Waals surface area contributed by atoms with Crippen LogP contribution in [0.4, 0.5) is 5.69 Å². The molecule has 0 unspecified atom stereocenters. The number of aryl methyl sites for hydroxylation is 1. The molecule has 1 fully saturated rings. The molecule has 0 amide bonds. The Morgan fingerprint density at radius 2 is 2.21 bits per heavy atom. The Hall–Kier alpha value is -0.990. The van der Waals surface area contributed by atoms with Gasteiger partial charge in [-0.25, -0.2) is 0 Å². The molecule has 1 aromatic heterocycles. The maximum absolute atomic E-state index is 4.13. The molecule has 3 nitrogen and oxygen atoms in total. The van der Waals surface area contributed by atoms with E-state index in [1.54, 1.807) is 0 Å². The van der Waals surface area contributed by atoms with Gasteiger partial charge in [0.2, 0.25) is 0 Å². The van der Waals surface area contributed by atoms with E-state index in [4.69, 9.17) is 0 Å². The number of nitrogens with one attached hydrogen (secondary N) is 1. The third kappa shape index (κ3) is 2.50. The summed E-state index contributed by atoms with van der Waals surface area (Å²) in [5, 5.41) is 7.59. The van der Waals surface area contributed by atoms with Gasteiger partial charge in [0.1, 0.15) is 0 Å². The lowest BCUT2D eigenvalue weighted by Gasteiger charge is -2.21. The van der Waals surface area contributed by atoms with Crippen molar-refractivity contribution in [1.29, 1.82) is 0 Å². The zero-order valence-corrected chi connectivity index (χ0v) is 8.87. The lowest BCUT2D eigenvalue weighted by Crippen LogP contribution is -2.16. The van der Waals surface area contributed by atoms with Crippen LogP contribution in [-0.2, 0) is 7.05 Å². The molecular weight excluding hydrogens is 174 g/mol. The lowest BCUT2D eigenvalue weighted by atomic mass is 9.89. The van der Waals surface area contributed by atoms with E-state index in [-0.39, 0.29) is 0 Å². The fraction of sp³-hybridized carbons (Fsp3) is 0.727. The van der Waals surface area contributed by atoms with Crippen molar-refractivity contribution in [3.05, 3.63) is 12.4 Å². The summed E-state index contributed by atoms with van der Waals surface area (Å²) >= 11 is 0. The minimum Gasteiger partial charge on any atom is -0.382 e. The van der Waals surface area contributed by atoms with Gasteiger partial charge in [-0.05, 0) is 18.8 Å². The smallest absolute Gasteiger partial charge is 0.0726 e. The zero-order chi connectivity index (χ0) is 9.80. The van der Waals surface area contributed by atoms with Gasteiger partial charge in [-0.15, -0.1) is 0 Å². The van der Waals surface area contributed by atoms with Crippen molar-refractivity contribution in [2.75, 3.05) is 11.9 Å². The summed E-state index contributed by atoms with van der Waals surface area (Å²) in [6.07, 6.45) is 11.0. The van der Waals surface area contributed by atoms with Crippen molar-refractivity contribution in [1.82, 2.24) is 9.78 Å². The molecule has 0 spiro atoms. The van der Waals surface area contributed by atoms with Gasteiger partial charge in [-0.3, -0.25) is 4.68 Å². The summed E-state index contributed by atoms with van der Waals surface area (Å²) in [6.45, 7) is 1.12. The van der Waals surface area contributed by atoms with Crippen molar-refractivity contribution >= 4 is 5.69 Å². The predicted octanol–water partition coefficient (Wildman–Crippen LogP) is 2.41. The van der Waals surface area contributed by atoms with Crippen molar-refractivity contribution < 1.29 is 0 Å². The van der Waals surface area contributed by atoms with Crippen LogP contribution in [0.1, 0.15) is 32.1 Å². The first-order chi connectivity index (χ1) is 6.84. The van der Waals surface area contributed by atoms with Crippen LogP contribution in [0.5, 0.6) is 0 Å². The molecule has 0 aliphatic heterocycles. The van der Waals surface area contributed by atoms with Crippen LogP contribution >= 0.6 is 0 Å². The fourth-order valence-corrected chi connectivity index (χ4v) is 2.17. The molecule has 78 valence electrons. The highest BCUT2D eigenvalue weighted by atomic mass is 15.3. The highest BCUT2D eigenvalue weighted by Gasteiger charge is 2.12. The van der Waals surface area contributed by atoms with E-state index in [0.29, 0.717) is 0 Å². The average molecular weight is 193 g/mol. The molecule has 0 radical (unpaired) electrons. The molecule has 1 saturated carbocycles. The third-order valence-electron chi connectivity index (χ3n) is 3.02. The van der Waals surface area contributed by atoms with E-state index in [9.17, 15) is 0 Å². The van der Waals surface area contributed by atoms with Crippen LogP contribution in [0, 0.1) is 5.92 Å². The third-order valence-corrected chi connectivity index (χ3v) is 3.02. The first-order valence-corrected chi connectivity index (χ1v) is 5.57. The van der Waals surface area contributed by atoms with Crippen LogP contribution in [0.15, 0.2) is 12.4 Å². The van der Waals surface area contributed by atoms with E-state index >= 15 is 0 Å². The van der Waals surface area contributed by atoms with Crippen LogP contribution in [0.3, 0.4) is 0 Å². The molecule has 1 N–H and O–H groups in total. The van der Waals surface area contributed by atoms with Gasteiger partial charge in [0, 0.05) is 19.8 Å². The molecule has 0 bridgehead atoms. The molecule has 14 heavy (non-hydrogen) atoms. The van der Waals surface area contributed by atoms with Crippen molar-refractivity contribution in [2.45, 2.75) is 32.1 Å². The maximum Gasteiger partial charge on any atom is 0.0726 e. The molecule has 0 saturated heterocycles. The van der Waals surface area contributed by atoms with Crippen molar-refractivity contribution in [3.8, 4) is 0 Å². The molecule has 0 aromatic carbocycles. The Kier molecular flexibility index (Phi) is 3.07. The van der Waals surface area contributed by atoms with Crippen LogP contribution in [0.2, 0.25) is 0 Å². The molecule has 1 aliphatic carbocycles. The first kappa shape index (κ1) is 9.56. The lowest BCUT2D eigenvalue weighted by molar-refractivity contribution is 0.373. The van der Waals surface area contributed by atoms with E-state index in [2.05, 4.69) is 10.4 Å². The summed E-state index contributed by atoms with van der Waals surface area (Å²) in [5.74, 6) is 0.879. The molecule has 1 aliphatic rings. The molecule has 1 heterocycles. The second kappa shape index (κ2) is 4.49. The van der Waals surface area contributed by atoms with Gasteiger partial charge in [0.25, 0.3) is 0 Å². The minimum atomic E-state index is 0.879. The van der Waals surface area contributed by atoms with Crippen LogP contribution < -0.4 is 5.32 Å². The zero-order valence-electron chi connectivity index (χ0n) is 8.87. The fourth-order valence-electron chi connectivity index (χ4n) is 2.17. The predicted molar refractivity (Wildman–Crippen MR) is 58.3 cm³/mol. The van der Waals surface area contributed by atoms with Crippen LogP contribution in [0.25, 0.3) is 0 Å². The largest absolute Gasteiger partial charge is 0.382 e. The highest BCUT2D eigenvalue weighted by molar-refractivity contribution is 5.37. The average Bonchev–Trinajstić information content (AvgIpc) is 2.63. The van der Waals surface area contributed by atoms with Crippen LogP contribution in [-0.4, -0.2) is 16.3 Å². The Bertz CT molecular complexity index is 274. The molecule has 2 rings (SSSR count). The summed E-state index contributed by atoms with van der Waals surface area (Å²) in [7, 11) is 1.95. The Morgan fingerprint density at radius 3 is 2.86 bits per heavy atom. The SMILES string of the molecule is Cn1cc(NCC2CCCCC2)cn1. The van der Waals surface area contributed by atoms with E-state index < -0.39 is 0 Å². The van der Waals surface area contributed by atoms with Gasteiger partial charge in [0.15, 0.2) is 0 Å². The Balaban J connectivity index is 1.76. The van der Waals surface area contributed by atoms with Gasteiger partial charge in [0.05, 0.1) is 11.9 Å². The highest BCUT2D eigenvalue weighted by Crippen LogP contribution is 2.23. The summed E-state index contributed by atoms with van der Waals surface area (Å²) in [5.41, 5.74) is 1.15. The molecule has 3 heteroatoms. The Morgan fingerprint density at radius 1 is 1.43 bits per heavy atom. The van der Waals surface area contributed by atoms with Gasteiger partial charge < -0.3 is 5.32 Å². The van der Waals surface area contributed by atoms with E-state index in [1.165, 1.54) is 32.1 Å². The van der Waals surface area contributed by atoms with Gasteiger partial charge >= 0.3 is 0 Å². The topological polar surface area (TPSA) is 29.9 Å². The van der Waals surface area contributed by atoms with E-state index in [0.717, 1.165) is 18.2 Å². The normalized spacial score (nSPS) is 18.4. The summed E-state index contributed by atoms with van der Waals surface area (Å²) < 4.78 is 1.84. The molecule has 1 aromatic rings. The number of hydrogen-bond donors (Lipinski definition) is 1. The van der Waals surface area contributed by atoms with Crippen molar-refractivity contribution in [3.63, 3.8) is 0 Å². The van der Waals surface area contributed by atoms with Gasteiger partial charge in [-0.1, -0.05) is 19.3 Å². The van der Waals surface area contributed by atoms with Crippen molar-refractivity contribution in [2.24, 2.45) is 13.0 Å². The number of aromatic nitrogens is 2. The second-order valence-electron chi connectivity index (χ2n) is 4.29. The minimum absolute atomic E-state index is 0.879. The molecular formula is C11H19N3. The number of hydrogen-bond acceptors (Lipinski definition) is 2. The van der Waals surface area contributed by atoms with Gasteiger partial charge in [-0.2, -0.15) is 5.10 Å². The monoisotopic (exact) mass is 193 g/mol. The quantitative estimate of drug-likeness (QED) is 0.799. The first-order valence-electron chi connectivity index (χ1n) is 5.57. The Labute approximate surface area is 85.5 Å². The van der Waals surface area contributed by atoms with E-state index in [1.807, 2.05) is 24.1 Å². The second-order valence-corrected chi connectivity index (χ2v) is 4.29. The summed E-state index contributed by atoms with van der Waals surface area (Å²) in [4.78, 5) is 0. The number of rotatable bonds is 3. The number of anilines is 1. The standard InChI is InChI=1S/C11H19N3/c1-14-9-11(8-13-14)12-7-10-5-3-2-4-6-10/h8-10,12H,2-7H2,1H3.